The van der Waals surface area contributed by atoms with E-state index in [4.69, 9.17) is 0 Å². The second-order valence-electron chi connectivity index (χ2n) is 6.26. The van der Waals surface area contributed by atoms with Gasteiger partial charge in [-0.3, -0.25) is 4.79 Å². The van der Waals surface area contributed by atoms with Crippen LogP contribution < -0.4 is 10.6 Å². The Bertz CT molecular complexity index is 897. The summed E-state index contributed by atoms with van der Waals surface area (Å²) in [6.45, 7) is 0. The number of nitrogens with zero attached hydrogens (tertiary/aromatic N) is 2. The minimum atomic E-state index is -0.259. The monoisotopic (exact) mass is 348 g/mol. The van der Waals surface area contributed by atoms with Gasteiger partial charge in [-0.1, -0.05) is 12.1 Å². The molecule has 0 bridgehead atoms. The number of hydrogen-bond donors (Lipinski definition) is 2. The van der Waals surface area contributed by atoms with E-state index >= 15 is 0 Å². The number of nitrogens with one attached hydrogen (secondary N) is 2. The molecular formula is C20H17FN4O. The van der Waals surface area contributed by atoms with Crippen LogP contribution in [-0.2, 0) is 4.79 Å². The standard InChI is InChI=1S/C20H17FN4O/c21-14-4-2-13(3-5-14)17-12-18(17)19(26)24-15-6-8-16(9-7-15)25-20-22-10-1-11-23-20/h1-11,17-18H,12H2,(H,24,26)(H,22,23,25)/t17-,18+/m0/s1. The highest BCUT2D eigenvalue weighted by molar-refractivity contribution is 5.95. The van der Waals surface area contributed by atoms with Gasteiger partial charge in [0.05, 0.1) is 0 Å². The zero-order valence-electron chi connectivity index (χ0n) is 13.9. The third kappa shape index (κ3) is 3.69. The van der Waals surface area contributed by atoms with Crippen molar-refractivity contribution in [2.75, 3.05) is 10.6 Å². The molecule has 5 nitrogen and oxygen atoms in total. The second-order valence-corrected chi connectivity index (χ2v) is 6.26. The molecule has 1 heterocycles. The third-order valence-corrected chi connectivity index (χ3v) is 4.40. The molecule has 2 atom stereocenters. The average molecular weight is 348 g/mol. The molecule has 1 aliphatic rings. The molecule has 1 fully saturated rings. The van der Waals surface area contributed by atoms with E-state index < -0.39 is 0 Å². The quantitative estimate of drug-likeness (QED) is 0.728. The lowest BCUT2D eigenvalue weighted by Crippen LogP contribution is -2.14. The number of rotatable bonds is 5. The first-order chi connectivity index (χ1) is 12.7. The fraction of sp³-hybridized carbons (Fsp3) is 0.150. The zero-order chi connectivity index (χ0) is 17.9. The van der Waals surface area contributed by atoms with E-state index in [0.717, 1.165) is 23.4 Å². The summed E-state index contributed by atoms with van der Waals surface area (Å²) >= 11 is 0. The molecule has 0 saturated heterocycles. The molecule has 4 rings (SSSR count). The van der Waals surface area contributed by atoms with Crippen molar-refractivity contribution < 1.29 is 9.18 Å². The lowest BCUT2D eigenvalue weighted by Gasteiger charge is -2.08. The van der Waals surface area contributed by atoms with Crippen molar-refractivity contribution in [2.45, 2.75) is 12.3 Å². The predicted molar refractivity (Wildman–Crippen MR) is 97.6 cm³/mol. The lowest BCUT2D eigenvalue weighted by molar-refractivity contribution is -0.117. The molecule has 0 unspecified atom stereocenters. The van der Waals surface area contributed by atoms with Crippen LogP contribution in [0.3, 0.4) is 0 Å². The molecule has 1 amide bonds. The highest BCUT2D eigenvalue weighted by Crippen LogP contribution is 2.48. The highest BCUT2D eigenvalue weighted by atomic mass is 19.1. The van der Waals surface area contributed by atoms with Crippen molar-refractivity contribution in [2.24, 2.45) is 5.92 Å². The third-order valence-electron chi connectivity index (χ3n) is 4.40. The molecular weight excluding hydrogens is 331 g/mol. The van der Waals surface area contributed by atoms with E-state index in [1.54, 1.807) is 30.6 Å². The topological polar surface area (TPSA) is 66.9 Å². The predicted octanol–water partition coefficient (Wildman–Crippen LogP) is 4.10. The van der Waals surface area contributed by atoms with E-state index in [2.05, 4.69) is 20.6 Å². The lowest BCUT2D eigenvalue weighted by atomic mass is 10.1. The van der Waals surface area contributed by atoms with E-state index in [0.29, 0.717) is 5.95 Å². The first-order valence-corrected chi connectivity index (χ1v) is 8.39. The van der Waals surface area contributed by atoms with E-state index in [1.165, 1.54) is 12.1 Å². The van der Waals surface area contributed by atoms with Gasteiger partial charge in [-0.2, -0.15) is 0 Å². The molecule has 1 saturated carbocycles. The Kier molecular flexibility index (Phi) is 4.31. The summed E-state index contributed by atoms with van der Waals surface area (Å²) < 4.78 is 13.0. The Labute approximate surface area is 150 Å². The van der Waals surface area contributed by atoms with Crippen LogP contribution in [-0.4, -0.2) is 15.9 Å². The van der Waals surface area contributed by atoms with Crippen molar-refractivity contribution in [3.8, 4) is 0 Å². The summed E-state index contributed by atoms with van der Waals surface area (Å²) in [4.78, 5) is 20.6. The normalized spacial score (nSPS) is 18.2. The molecule has 2 N–H and O–H groups in total. The van der Waals surface area contributed by atoms with Crippen LogP contribution >= 0.6 is 0 Å². The first kappa shape index (κ1) is 16.2. The van der Waals surface area contributed by atoms with Crippen molar-refractivity contribution >= 4 is 23.2 Å². The number of anilines is 3. The van der Waals surface area contributed by atoms with E-state index in [-0.39, 0.29) is 23.6 Å². The van der Waals surface area contributed by atoms with Gasteiger partial charge >= 0.3 is 0 Å². The molecule has 0 radical (unpaired) electrons. The Balaban J connectivity index is 1.34. The largest absolute Gasteiger partial charge is 0.326 e. The number of carbonyl (C=O) groups is 1. The fourth-order valence-corrected chi connectivity index (χ4v) is 2.93. The molecule has 1 aliphatic carbocycles. The maximum absolute atomic E-state index is 13.0. The van der Waals surface area contributed by atoms with E-state index in [9.17, 15) is 9.18 Å². The molecule has 26 heavy (non-hydrogen) atoms. The van der Waals surface area contributed by atoms with E-state index in [1.807, 2.05) is 24.3 Å². The molecule has 0 aliphatic heterocycles. The maximum Gasteiger partial charge on any atom is 0.228 e. The van der Waals surface area contributed by atoms with Gasteiger partial charge in [0.2, 0.25) is 11.9 Å². The molecule has 130 valence electrons. The summed E-state index contributed by atoms with van der Waals surface area (Å²) in [5.41, 5.74) is 2.58. The highest BCUT2D eigenvalue weighted by Gasteiger charge is 2.43. The van der Waals surface area contributed by atoms with Crippen LogP contribution in [0.2, 0.25) is 0 Å². The minimum absolute atomic E-state index is 0.00794. The van der Waals surface area contributed by atoms with Gasteiger partial charge in [0.15, 0.2) is 0 Å². The number of halogens is 1. The van der Waals surface area contributed by atoms with Gasteiger partial charge in [0.25, 0.3) is 0 Å². The summed E-state index contributed by atoms with van der Waals surface area (Å²) in [6, 6.07) is 15.5. The molecule has 6 heteroatoms. The van der Waals surface area contributed by atoms with Crippen LogP contribution in [0.5, 0.6) is 0 Å². The Hall–Kier alpha value is -3.28. The second kappa shape index (κ2) is 6.92. The summed E-state index contributed by atoms with van der Waals surface area (Å²) in [6.07, 6.45) is 4.12. The Morgan fingerprint density at radius 3 is 2.31 bits per heavy atom. The van der Waals surface area contributed by atoms with Gasteiger partial charge in [-0.05, 0) is 60.4 Å². The maximum atomic E-state index is 13.0. The Morgan fingerprint density at radius 2 is 1.62 bits per heavy atom. The number of aromatic nitrogens is 2. The van der Waals surface area contributed by atoms with Crippen molar-refractivity contribution in [1.29, 1.82) is 0 Å². The molecule has 2 aromatic carbocycles. The Morgan fingerprint density at radius 1 is 0.962 bits per heavy atom. The summed E-state index contributed by atoms with van der Waals surface area (Å²) in [5, 5.41) is 6.02. The zero-order valence-corrected chi connectivity index (χ0v) is 13.9. The van der Waals surface area contributed by atoms with Gasteiger partial charge in [-0.25, -0.2) is 14.4 Å². The minimum Gasteiger partial charge on any atom is -0.326 e. The molecule has 3 aromatic rings. The number of amides is 1. The molecule has 1 aromatic heterocycles. The van der Waals surface area contributed by atoms with Crippen LogP contribution in [0, 0.1) is 11.7 Å². The fourth-order valence-electron chi connectivity index (χ4n) is 2.93. The van der Waals surface area contributed by atoms with Gasteiger partial charge in [-0.15, -0.1) is 0 Å². The van der Waals surface area contributed by atoms with Gasteiger partial charge < -0.3 is 10.6 Å². The molecule has 0 spiro atoms. The van der Waals surface area contributed by atoms with Gasteiger partial charge in [0.1, 0.15) is 5.82 Å². The SMILES string of the molecule is O=C(Nc1ccc(Nc2ncccn2)cc1)[C@@H]1C[C@H]1c1ccc(F)cc1. The van der Waals surface area contributed by atoms with Crippen LogP contribution in [0.25, 0.3) is 0 Å². The number of hydrogen-bond acceptors (Lipinski definition) is 4. The van der Waals surface area contributed by atoms with Gasteiger partial charge in [0, 0.05) is 29.7 Å². The first-order valence-electron chi connectivity index (χ1n) is 8.39. The van der Waals surface area contributed by atoms with Crippen molar-refractivity contribution in [1.82, 2.24) is 9.97 Å². The average Bonchev–Trinajstić information content (AvgIpc) is 3.46. The summed E-state index contributed by atoms with van der Waals surface area (Å²) in [7, 11) is 0. The number of benzene rings is 2. The smallest absolute Gasteiger partial charge is 0.228 e. The van der Waals surface area contributed by atoms with Crippen LogP contribution in [0.1, 0.15) is 17.9 Å². The van der Waals surface area contributed by atoms with Crippen LogP contribution in [0.15, 0.2) is 67.0 Å². The summed E-state index contributed by atoms with van der Waals surface area (Å²) in [5.74, 6) is 0.364. The van der Waals surface area contributed by atoms with Crippen LogP contribution in [0.4, 0.5) is 21.7 Å². The number of carbonyl (C=O) groups excluding carboxylic acids is 1. The van der Waals surface area contributed by atoms with Crippen molar-refractivity contribution in [3.05, 3.63) is 78.4 Å². The van der Waals surface area contributed by atoms with Crippen molar-refractivity contribution in [3.63, 3.8) is 0 Å².